The van der Waals surface area contributed by atoms with Crippen LogP contribution in [0.2, 0.25) is 5.02 Å². The van der Waals surface area contributed by atoms with Crippen molar-refractivity contribution in [3.8, 4) is 0 Å². The molecule has 134 valence electrons. The topological polar surface area (TPSA) is 63.7 Å². The van der Waals surface area contributed by atoms with Gasteiger partial charge in [-0.1, -0.05) is 35.9 Å². The van der Waals surface area contributed by atoms with Gasteiger partial charge in [-0.05, 0) is 39.3 Å². The minimum absolute atomic E-state index is 0.0539. The first kappa shape index (κ1) is 19.2. The van der Waals surface area contributed by atoms with E-state index in [-0.39, 0.29) is 12.2 Å². The fourth-order valence-corrected chi connectivity index (χ4v) is 3.11. The monoisotopic (exact) mass is 363 g/mol. The predicted octanol–water partition coefficient (Wildman–Crippen LogP) is 4.10. The van der Waals surface area contributed by atoms with Gasteiger partial charge >= 0.3 is 6.09 Å². The second-order valence-electron chi connectivity index (χ2n) is 7.07. The van der Waals surface area contributed by atoms with Crippen molar-refractivity contribution >= 4 is 29.4 Å². The van der Waals surface area contributed by atoms with Gasteiger partial charge in [0.25, 0.3) is 5.91 Å². The van der Waals surface area contributed by atoms with E-state index in [0.29, 0.717) is 5.02 Å². The minimum atomic E-state index is -0.731. The van der Waals surface area contributed by atoms with Crippen molar-refractivity contribution in [1.82, 2.24) is 4.90 Å². The van der Waals surface area contributed by atoms with E-state index in [0.717, 1.165) is 10.5 Å². The van der Waals surface area contributed by atoms with E-state index in [2.05, 4.69) is 0 Å². The van der Waals surface area contributed by atoms with E-state index in [1.807, 2.05) is 6.07 Å². The van der Waals surface area contributed by atoms with Gasteiger partial charge in [-0.2, -0.15) is 0 Å². The zero-order chi connectivity index (χ0) is 18.8. The third-order valence-corrected chi connectivity index (χ3v) is 4.13. The third kappa shape index (κ3) is 4.69. The largest absolute Gasteiger partial charge is 0.443 e. The molecule has 1 aliphatic rings. The van der Waals surface area contributed by atoms with Gasteiger partial charge in [-0.15, -0.1) is 0 Å². The quantitative estimate of drug-likeness (QED) is 0.807. The molecular formula is C19H22ClNO4. The zero-order valence-corrected chi connectivity index (χ0v) is 15.5. The molecule has 0 saturated heterocycles. The van der Waals surface area contributed by atoms with Gasteiger partial charge in [0.05, 0.1) is 6.04 Å². The lowest BCUT2D eigenvalue weighted by Crippen LogP contribution is -2.45. The lowest BCUT2D eigenvalue weighted by atomic mass is 9.87. The lowest BCUT2D eigenvalue weighted by Gasteiger charge is -2.32. The average molecular weight is 364 g/mol. The highest BCUT2D eigenvalue weighted by molar-refractivity contribution is 6.31. The zero-order valence-electron chi connectivity index (χ0n) is 14.8. The number of amides is 2. The number of benzene rings is 1. The smallest absolute Gasteiger partial charge is 0.417 e. The highest BCUT2D eigenvalue weighted by atomic mass is 35.5. The number of carbonyl (C=O) groups is 3. The van der Waals surface area contributed by atoms with Crippen molar-refractivity contribution in [3.63, 3.8) is 0 Å². The fraction of sp³-hybridized carbons (Fsp3) is 0.421. The predicted molar refractivity (Wildman–Crippen MR) is 95.5 cm³/mol. The van der Waals surface area contributed by atoms with Gasteiger partial charge in [-0.3, -0.25) is 4.79 Å². The molecular weight excluding hydrogens is 342 g/mol. The Morgan fingerprint density at radius 1 is 1.28 bits per heavy atom. The summed E-state index contributed by atoms with van der Waals surface area (Å²) in [5, 5.41) is 0.491. The number of ketones is 1. The molecule has 0 spiro atoms. The van der Waals surface area contributed by atoms with Gasteiger partial charge in [0.1, 0.15) is 11.4 Å². The number of hydrogen-bond acceptors (Lipinski definition) is 4. The number of hydrogen-bond donors (Lipinski definition) is 0. The molecule has 2 amide bonds. The molecule has 0 bridgehead atoms. The SMILES string of the molecule is CC(=O)C[C@@H](c1ccccc1Cl)[C@@H]1C=CC(=O)N1C(=O)OC(C)(C)C. The Labute approximate surface area is 152 Å². The number of imide groups is 1. The number of carbonyl (C=O) groups excluding carboxylic acids is 3. The van der Waals surface area contributed by atoms with E-state index < -0.39 is 29.6 Å². The molecule has 0 radical (unpaired) electrons. The molecule has 0 N–H and O–H groups in total. The van der Waals surface area contributed by atoms with E-state index in [9.17, 15) is 14.4 Å². The van der Waals surface area contributed by atoms with Crippen molar-refractivity contribution in [1.29, 1.82) is 0 Å². The summed E-state index contributed by atoms with van der Waals surface area (Å²) in [6.45, 7) is 6.67. The summed E-state index contributed by atoms with van der Waals surface area (Å²) in [4.78, 5) is 37.6. The number of ether oxygens (including phenoxy) is 1. The fourth-order valence-electron chi connectivity index (χ4n) is 2.83. The van der Waals surface area contributed by atoms with E-state index in [1.54, 1.807) is 45.0 Å². The van der Waals surface area contributed by atoms with Crippen molar-refractivity contribution in [2.45, 2.75) is 51.7 Å². The molecule has 25 heavy (non-hydrogen) atoms. The molecule has 1 aromatic rings. The average Bonchev–Trinajstić information content (AvgIpc) is 2.85. The van der Waals surface area contributed by atoms with Crippen LogP contribution in [0.5, 0.6) is 0 Å². The van der Waals surface area contributed by atoms with E-state index >= 15 is 0 Å². The Morgan fingerprint density at radius 3 is 2.48 bits per heavy atom. The van der Waals surface area contributed by atoms with Crippen LogP contribution in [-0.2, 0) is 14.3 Å². The highest BCUT2D eigenvalue weighted by Gasteiger charge is 2.40. The van der Waals surface area contributed by atoms with Crippen molar-refractivity contribution in [3.05, 3.63) is 47.0 Å². The first-order valence-electron chi connectivity index (χ1n) is 8.08. The lowest BCUT2D eigenvalue weighted by molar-refractivity contribution is -0.126. The number of nitrogens with zero attached hydrogens (tertiary/aromatic N) is 1. The summed E-state index contributed by atoms with van der Waals surface area (Å²) < 4.78 is 5.35. The summed E-state index contributed by atoms with van der Waals surface area (Å²) in [5.41, 5.74) is -0.0115. The van der Waals surface area contributed by atoms with Gasteiger partial charge in [0.2, 0.25) is 0 Å². The van der Waals surface area contributed by atoms with Crippen molar-refractivity contribution in [2.75, 3.05) is 0 Å². The standard InChI is InChI=1S/C19H22ClNO4/c1-12(22)11-14(13-7-5-6-8-15(13)20)16-9-10-17(23)21(16)18(24)25-19(2,3)4/h5-10,14,16H,11H2,1-4H3/t14-,16-/m0/s1. The van der Waals surface area contributed by atoms with Crippen LogP contribution in [0.1, 0.15) is 45.6 Å². The molecule has 1 aromatic carbocycles. The van der Waals surface area contributed by atoms with Crippen molar-refractivity contribution in [2.24, 2.45) is 0 Å². The van der Waals surface area contributed by atoms with Crippen LogP contribution < -0.4 is 0 Å². The molecule has 0 saturated carbocycles. The summed E-state index contributed by atoms with van der Waals surface area (Å²) >= 11 is 6.30. The molecule has 5 nitrogen and oxygen atoms in total. The number of halogens is 1. The van der Waals surface area contributed by atoms with Crippen LogP contribution in [0.3, 0.4) is 0 Å². The number of Topliss-reactive ketones (excluding diaryl/α,β-unsaturated/α-hetero) is 1. The molecule has 0 unspecified atom stereocenters. The van der Waals surface area contributed by atoms with Gasteiger partial charge in [0, 0.05) is 23.4 Å². The van der Waals surface area contributed by atoms with E-state index in [4.69, 9.17) is 16.3 Å². The molecule has 6 heteroatoms. The van der Waals surface area contributed by atoms with Crippen LogP contribution in [0.4, 0.5) is 4.79 Å². The molecule has 1 heterocycles. The maximum atomic E-state index is 12.5. The summed E-state index contributed by atoms with van der Waals surface area (Å²) in [5.74, 6) is -0.942. The summed E-state index contributed by atoms with van der Waals surface area (Å²) in [6, 6.07) is 6.51. The maximum Gasteiger partial charge on any atom is 0.417 e. The van der Waals surface area contributed by atoms with Crippen LogP contribution in [0, 0.1) is 0 Å². The minimum Gasteiger partial charge on any atom is -0.443 e. The Balaban J connectivity index is 2.39. The molecule has 0 fully saturated rings. The number of rotatable bonds is 4. The highest BCUT2D eigenvalue weighted by Crippen LogP contribution is 2.35. The molecule has 1 aliphatic heterocycles. The van der Waals surface area contributed by atoms with Crippen LogP contribution >= 0.6 is 11.6 Å². The summed E-state index contributed by atoms with van der Waals surface area (Å²) in [7, 11) is 0. The summed E-state index contributed by atoms with van der Waals surface area (Å²) in [6.07, 6.45) is 2.39. The Hall–Kier alpha value is -2.14. The first-order chi connectivity index (χ1) is 11.6. The molecule has 2 rings (SSSR count). The normalized spacial score (nSPS) is 18.4. The second-order valence-corrected chi connectivity index (χ2v) is 7.48. The van der Waals surface area contributed by atoms with E-state index in [1.165, 1.54) is 13.0 Å². The van der Waals surface area contributed by atoms with Crippen LogP contribution in [0.25, 0.3) is 0 Å². The Morgan fingerprint density at radius 2 is 1.92 bits per heavy atom. The maximum absolute atomic E-state index is 12.5. The third-order valence-electron chi connectivity index (χ3n) is 3.79. The Kier molecular flexibility index (Phi) is 5.68. The first-order valence-corrected chi connectivity index (χ1v) is 8.46. The van der Waals surface area contributed by atoms with Gasteiger partial charge < -0.3 is 9.53 Å². The van der Waals surface area contributed by atoms with Gasteiger partial charge in [-0.25, -0.2) is 9.69 Å². The van der Waals surface area contributed by atoms with Crippen molar-refractivity contribution < 1.29 is 19.1 Å². The molecule has 0 aliphatic carbocycles. The van der Waals surface area contributed by atoms with Crippen LogP contribution in [-0.4, -0.2) is 34.3 Å². The van der Waals surface area contributed by atoms with Gasteiger partial charge in [0.15, 0.2) is 0 Å². The molecule has 2 atom stereocenters. The second kappa shape index (κ2) is 7.40. The molecule has 0 aromatic heterocycles. The Bertz CT molecular complexity index is 720. The van der Waals surface area contributed by atoms with Crippen LogP contribution in [0.15, 0.2) is 36.4 Å².